The zero-order valence-electron chi connectivity index (χ0n) is 20.4. The Balaban J connectivity index is 1.74. The monoisotopic (exact) mass is 462 g/mol. The van der Waals surface area contributed by atoms with Gasteiger partial charge in [-0.25, -0.2) is 0 Å². The van der Waals surface area contributed by atoms with Crippen LogP contribution in [0.5, 0.6) is 0 Å². The number of aliphatic hydroxyl groups is 1. The fraction of sp³-hybridized carbons (Fsp3) is 0.731. The zero-order valence-corrected chi connectivity index (χ0v) is 20.4. The van der Waals surface area contributed by atoms with Gasteiger partial charge in [-0.05, 0) is 56.4 Å². The van der Waals surface area contributed by atoms with Crippen LogP contribution in [0.15, 0.2) is 23.8 Å². The van der Waals surface area contributed by atoms with Gasteiger partial charge in [0.05, 0.1) is 17.9 Å². The third-order valence-corrected chi connectivity index (χ3v) is 7.10. The Hall–Kier alpha value is -2.15. The molecular formula is C26H38O7. The van der Waals surface area contributed by atoms with E-state index in [0.29, 0.717) is 12.8 Å². The normalized spacial score (nSPS) is 34.1. The Morgan fingerprint density at radius 2 is 1.94 bits per heavy atom. The first-order valence-electron chi connectivity index (χ1n) is 12.1. The van der Waals surface area contributed by atoms with Crippen molar-refractivity contribution in [3.63, 3.8) is 0 Å². The van der Waals surface area contributed by atoms with Crippen molar-refractivity contribution >= 4 is 17.9 Å². The molecule has 0 aromatic heterocycles. The van der Waals surface area contributed by atoms with Crippen LogP contribution in [0.2, 0.25) is 0 Å². The molecule has 0 radical (unpaired) electrons. The van der Waals surface area contributed by atoms with Crippen molar-refractivity contribution in [3.05, 3.63) is 23.8 Å². The van der Waals surface area contributed by atoms with Crippen molar-refractivity contribution in [1.82, 2.24) is 0 Å². The molecule has 1 saturated heterocycles. The number of allylic oxidation sites excluding steroid dienone is 3. The zero-order chi connectivity index (χ0) is 24.3. The van der Waals surface area contributed by atoms with E-state index in [1.165, 1.54) is 12.5 Å². The minimum atomic E-state index is -0.936. The summed E-state index contributed by atoms with van der Waals surface area (Å²) in [5.41, 5.74) is 0.252. The average molecular weight is 463 g/mol. The largest absolute Gasteiger partial charge is 0.465 e. The van der Waals surface area contributed by atoms with Gasteiger partial charge in [-0.2, -0.15) is 0 Å². The number of rotatable bonds is 7. The Labute approximate surface area is 196 Å². The number of aliphatic hydroxyl groups excluding tert-OH is 1. The molecule has 0 aromatic rings. The first kappa shape index (κ1) is 25.5. The summed E-state index contributed by atoms with van der Waals surface area (Å²) in [5, 5.41) is 9.94. The minimum absolute atomic E-state index is 0.0219. The van der Waals surface area contributed by atoms with Crippen LogP contribution in [-0.4, -0.2) is 47.9 Å². The highest BCUT2D eigenvalue weighted by Crippen LogP contribution is 2.45. The number of carbonyl (C=O) groups is 3. The summed E-state index contributed by atoms with van der Waals surface area (Å²) >= 11 is 0. The molecule has 1 heterocycles. The number of hydrogen-bond donors (Lipinski definition) is 1. The van der Waals surface area contributed by atoms with Crippen molar-refractivity contribution in [2.45, 2.75) is 85.0 Å². The molecule has 184 valence electrons. The van der Waals surface area contributed by atoms with Crippen LogP contribution in [0.25, 0.3) is 0 Å². The van der Waals surface area contributed by atoms with Gasteiger partial charge in [0.25, 0.3) is 0 Å². The Morgan fingerprint density at radius 3 is 2.61 bits per heavy atom. The minimum Gasteiger partial charge on any atom is -0.465 e. The fourth-order valence-corrected chi connectivity index (χ4v) is 5.28. The van der Waals surface area contributed by atoms with Crippen LogP contribution >= 0.6 is 0 Å². The summed E-state index contributed by atoms with van der Waals surface area (Å²) in [6.07, 6.45) is 8.16. The quantitative estimate of drug-likeness (QED) is 0.454. The SMILES string of the molecule is CC(=O)OCC(C)(C)C(=O)O[C@H]1C[C@@H](C)C=C2C=C[C@H](C)[C@H](CC[C@@H]3C[C@@H](O)CC(=O)O3)[C@H]21. The van der Waals surface area contributed by atoms with Gasteiger partial charge in [0.1, 0.15) is 18.8 Å². The van der Waals surface area contributed by atoms with E-state index < -0.39 is 17.5 Å². The average Bonchev–Trinajstić information content (AvgIpc) is 2.71. The van der Waals surface area contributed by atoms with Gasteiger partial charge in [0, 0.05) is 19.3 Å². The number of ether oxygens (including phenoxy) is 3. The highest BCUT2D eigenvalue weighted by molar-refractivity contribution is 5.77. The molecule has 7 atom stereocenters. The van der Waals surface area contributed by atoms with E-state index in [1.807, 2.05) is 0 Å². The molecule has 1 fully saturated rings. The number of carbonyl (C=O) groups excluding carboxylic acids is 3. The van der Waals surface area contributed by atoms with Crippen LogP contribution < -0.4 is 0 Å². The van der Waals surface area contributed by atoms with Crippen LogP contribution in [0, 0.1) is 29.1 Å². The van der Waals surface area contributed by atoms with Gasteiger partial charge in [-0.15, -0.1) is 0 Å². The molecule has 0 bridgehead atoms. The molecule has 0 amide bonds. The summed E-state index contributed by atoms with van der Waals surface area (Å²) in [6.45, 7) is 9.05. The van der Waals surface area contributed by atoms with Gasteiger partial charge >= 0.3 is 17.9 Å². The van der Waals surface area contributed by atoms with E-state index in [0.717, 1.165) is 12.8 Å². The molecule has 7 heteroatoms. The number of cyclic esters (lactones) is 1. The smallest absolute Gasteiger partial charge is 0.315 e. The second-order valence-corrected chi connectivity index (χ2v) is 10.7. The van der Waals surface area contributed by atoms with Gasteiger partial charge in [-0.1, -0.05) is 32.1 Å². The molecule has 3 aliphatic rings. The van der Waals surface area contributed by atoms with E-state index in [2.05, 4.69) is 32.1 Å². The van der Waals surface area contributed by atoms with Gasteiger partial charge in [0.15, 0.2) is 0 Å². The maximum Gasteiger partial charge on any atom is 0.315 e. The van der Waals surface area contributed by atoms with Crippen LogP contribution in [0.4, 0.5) is 0 Å². The maximum atomic E-state index is 13.1. The van der Waals surface area contributed by atoms with Crippen LogP contribution in [-0.2, 0) is 28.6 Å². The van der Waals surface area contributed by atoms with Crippen molar-refractivity contribution in [1.29, 1.82) is 0 Å². The third kappa shape index (κ3) is 6.46. The lowest BCUT2D eigenvalue weighted by atomic mass is 9.65. The summed E-state index contributed by atoms with van der Waals surface area (Å²) in [5.74, 6) is -0.303. The molecular weight excluding hydrogens is 424 g/mol. The second-order valence-electron chi connectivity index (χ2n) is 10.7. The Morgan fingerprint density at radius 1 is 1.21 bits per heavy atom. The first-order valence-corrected chi connectivity index (χ1v) is 12.1. The van der Waals surface area contributed by atoms with Crippen LogP contribution in [0.1, 0.15) is 66.7 Å². The predicted octanol–water partition coefficient (Wildman–Crippen LogP) is 3.74. The number of esters is 3. The number of fused-ring (bicyclic) bond motifs is 1. The molecule has 2 aliphatic carbocycles. The van der Waals surface area contributed by atoms with E-state index >= 15 is 0 Å². The third-order valence-electron chi connectivity index (χ3n) is 7.10. The van der Waals surface area contributed by atoms with E-state index in [9.17, 15) is 19.5 Å². The van der Waals surface area contributed by atoms with Crippen molar-refractivity contribution in [3.8, 4) is 0 Å². The molecule has 0 aromatic carbocycles. The molecule has 0 unspecified atom stereocenters. The summed E-state index contributed by atoms with van der Waals surface area (Å²) in [6, 6.07) is 0. The first-order chi connectivity index (χ1) is 15.5. The standard InChI is InChI=1S/C26H38O7/c1-15-10-18-7-6-16(2)21(9-8-20-12-19(28)13-23(29)32-20)24(18)22(11-15)33-25(30)26(4,5)14-31-17(3)27/h6-7,10,15-16,19-22,24,28H,8-9,11-14H2,1-5H3/t15-,16-,19+,20+,21-,22-,24-/m0/s1. The van der Waals surface area contributed by atoms with Crippen molar-refractivity contribution < 1.29 is 33.7 Å². The molecule has 1 aliphatic heterocycles. The van der Waals surface area contributed by atoms with Gasteiger partial charge < -0.3 is 19.3 Å². The Kier molecular flexibility index (Phi) is 8.04. The molecule has 0 spiro atoms. The van der Waals surface area contributed by atoms with Crippen molar-refractivity contribution in [2.24, 2.45) is 29.1 Å². The molecule has 0 saturated carbocycles. The number of hydrogen-bond acceptors (Lipinski definition) is 7. The van der Waals surface area contributed by atoms with E-state index in [4.69, 9.17) is 14.2 Å². The topological polar surface area (TPSA) is 99.1 Å². The van der Waals surface area contributed by atoms with Crippen molar-refractivity contribution in [2.75, 3.05) is 6.61 Å². The lowest BCUT2D eigenvalue weighted by molar-refractivity contribution is -0.170. The summed E-state index contributed by atoms with van der Waals surface area (Å²) < 4.78 is 16.6. The molecule has 7 nitrogen and oxygen atoms in total. The molecule has 3 rings (SSSR count). The van der Waals surface area contributed by atoms with E-state index in [-0.39, 0.29) is 60.8 Å². The molecule has 1 N–H and O–H groups in total. The summed E-state index contributed by atoms with van der Waals surface area (Å²) in [4.78, 5) is 36.0. The van der Waals surface area contributed by atoms with Crippen LogP contribution in [0.3, 0.4) is 0 Å². The summed E-state index contributed by atoms with van der Waals surface area (Å²) in [7, 11) is 0. The van der Waals surface area contributed by atoms with Gasteiger partial charge in [0.2, 0.25) is 0 Å². The van der Waals surface area contributed by atoms with E-state index in [1.54, 1.807) is 13.8 Å². The van der Waals surface area contributed by atoms with Gasteiger partial charge in [-0.3, -0.25) is 14.4 Å². The highest BCUT2D eigenvalue weighted by atomic mass is 16.6. The Bertz CT molecular complexity index is 811. The maximum absolute atomic E-state index is 13.1. The predicted molar refractivity (Wildman–Crippen MR) is 122 cm³/mol. The fourth-order valence-electron chi connectivity index (χ4n) is 5.28. The highest BCUT2D eigenvalue weighted by Gasteiger charge is 2.43. The molecule has 33 heavy (non-hydrogen) atoms. The second kappa shape index (κ2) is 10.4. The lowest BCUT2D eigenvalue weighted by Crippen LogP contribution is -2.44. The lowest BCUT2D eigenvalue weighted by Gasteiger charge is -2.44.